The molecule has 0 amide bonds. The van der Waals surface area contributed by atoms with Crippen LogP contribution < -0.4 is 11.1 Å². The summed E-state index contributed by atoms with van der Waals surface area (Å²) in [5.41, 5.74) is 9.67. The van der Waals surface area contributed by atoms with Gasteiger partial charge in [-0.3, -0.25) is 4.79 Å². The van der Waals surface area contributed by atoms with Crippen LogP contribution in [0.3, 0.4) is 0 Å². The third-order valence-electron chi connectivity index (χ3n) is 4.14. The van der Waals surface area contributed by atoms with Crippen molar-refractivity contribution in [1.29, 1.82) is 0 Å². The van der Waals surface area contributed by atoms with Crippen LogP contribution in [0.2, 0.25) is 0 Å². The average Bonchev–Trinajstić information content (AvgIpc) is 3.09. The fourth-order valence-electron chi connectivity index (χ4n) is 2.77. The Labute approximate surface area is 161 Å². The zero-order valence-corrected chi connectivity index (χ0v) is 15.2. The number of ketones is 1. The maximum atomic E-state index is 12.8. The van der Waals surface area contributed by atoms with E-state index in [2.05, 4.69) is 10.3 Å². The lowest BCUT2D eigenvalue weighted by molar-refractivity contribution is 0.104. The first-order chi connectivity index (χ1) is 13.2. The second-order valence-electron chi connectivity index (χ2n) is 6.00. The van der Waals surface area contributed by atoms with Crippen LogP contribution in [0.1, 0.15) is 15.2 Å². The number of nitrogen functional groups attached to an aromatic ring is 1. The topological polar surface area (TPSA) is 68.0 Å². The molecule has 1 heterocycles. The Kier molecular flexibility index (Phi) is 4.68. The van der Waals surface area contributed by atoms with Gasteiger partial charge in [-0.25, -0.2) is 4.98 Å². The Morgan fingerprint density at radius 1 is 0.815 bits per heavy atom. The van der Waals surface area contributed by atoms with Crippen LogP contribution in [0.4, 0.5) is 16.6 Å². The largest absolute Gasteiger partial charge is 0.382 e. The predicted octanol–water partition coefficient (Wildman–Crippen LogP) is 5.37. The number of carbonyl (C=O) groups excluding carboxylic acids is 1. The van der Waals surface area contributed by atoms with Crippen molar-refractivity contribution in [2.24, 2.45) is 0 Å². The highest BCUT2D eigenvalue weighted by Crippen LogP contribution is 2.30. The Morgan fingerprint density at radius 3 is 2.07 bits per heavy atom. The summed E-state index contributed by atoms with van der Waals surface area (Å²) in [6.07, 6.45) is 0. The number of thiazole rings is 1. The van der Waals surface area contributed by atoms with Gasteiger partial charge in [0.25, 0.3) is 0 Å². The zero-order chi connectivity index (χ0) is 18.6. The number of nitrogens with one attached hydrogen (secondary N) is 1. The number of benzene rings is 3. The molecule has 0 saturated heterocycles. The van der Waals surface area contributed by atoms with Gasteiger partial charge in [0.1, 0.15) is 10.7 Å². The Hall–Kier alpha value is -3.44. The van der Waals surface area contributed by atoms with Crippen molar-refractivity contribution in [1.82, 2.24) is 4.98 Å². The van der Waals surface area contributed by atoms with Gasteiger partial charge in [-0.05, 0) is 23.3 Å². The van der Waals surface area contributed by atoms with E-state index in [0.29, 0.717) is 15.6 Å². The first-order valence-electron chi connectivity index (χ1n) is 8.49. The SMILES string of the molecule is Nc1nc(Nc2ccccc2)sc1C(=O)c1ccc(-c2ccccc2)cc1. The van der Waals surface area contributed by atoms with Gasteiger partial charge in [-0.15, -0.1) is 0 Å². The number of hydrogen-bond acceptors (Lipinski definition) is 5. The lowest BCUT2D eigenvalue weighted by Gasteiger charge is -2.03. The molecule has 4 nitrogen and oxygen atoms in total. The summed E-state index contributed by atoms with van der Waals surface area (Å²) in [7, 11) is 0. The van der Waals surface area contributed by atoms with Gasteiger partial charge >= 0.3 is 0 Å². The summed E-state index contributed by atoms with van der Waals surface area (Å²) < 4.78 is 0. The molecular weight excluding hydrogens is 354 g/mol. The molecule has 0 spiro atoms. The summed E-state index contributed by atoms with van der Waals surface area (Å²) >= 11 is 1.26. The molecule has 0 unspecified atom stereocenters. The third-order valence-corrected chi connectivity index (χ3v) is 5.12. The van der Waals surface area contributed by atoms with Crippen molar-refractivity contribution in [2.45, 2.75) is 0 Å². The summed E-state index contributed by atoms with van der Waals surface area (Å²) in [6.45, 7) is 0. The number of rotatable bonds is 5. The lowest BCUT2D eigenvalue weighted by atomic mass is 10.0. The number of hydrogen-bond donors (Lipinski definition) is 2. The summed E-state index contributed by atoms with van der Waals surface area (Å²) in [5.74, 6) is 0.126. The van der Waals surface area contributed by atoms with E-state index in [9.17, 15) is 4.79 Å². The highest BCUT2D eigenvalue weighted by atomic mass is 32.1. The van der Waals surface area contributed by atoms with Crippen molar-refractivity contribution >= 4 is 33.8 Å². The molecule has 0 aliphatic heterocycles. The smallest absolute Gasteiger partial charge is 0.206 e. The highest BCUT2D eigenvalue weighted by molar-refractivity contribution is 7.18. The van der Waals surface area contributed by atoms with E-state index in [0.717, 1.165) is 16.8 Å². The van der Waals surface area contributed by atoms with Gasteiger partial charge in [0.15, 0.2) is 5.13 Å². The van der Waals surface area contributed by atoms with Crippen molar-refractivity contribution in [2.75, 3.05) is 11.1 Å². The molecule has 1 aromatic heterocycles. The molecule has 3 aromatic carbocycles. The summed E-state index contributed by atoms with van der Waals surface area (Å²) in [4.78, 5) is 17.6. The summed E-state index contributed by atoms with van der Waals surface area (Å²) in [6, 6.07) is 27.3. The third kappa shape index (κ3) is 3.73. The van der Waals surface area contributed by atoms with E-state index in [1.54, 1.807) is 0 Å². The fourth-order valence-corrected chi connectivity index (χ4v) is 3.64. The lowest BCUT2D eigenvalue weighted by Crippen LogP contribution is -2.02. The van der Waals surface area contributed by atoms with Gasteiger partial charge in [0, 0.05) is 11.3 Å². The molecule has 0 radical (unpaired) electrons. The van der Waals surface area contributed by atoms with Gasteiger partial charge < -0.3 is 11.1 Å². The number of nitrogens with two attached hydrogens (primary N) is 1. The van der Waals surface area contributed by atoms with Crippen LogP contribution >= 0.6 is 11.3 Å². The molecule has 4 rings (SSSR count). The molecule has 0 saturated carbocycles. The molecular formula is C22H17N3OS. The molecule has 0 fully saturated rings. The summed E-state index contributed by atoms with van der Waals surface area (Å²) in [5, 5.41) is 3.78. The number of nitrogens with zero attached hydrogens (tertiary/aromatic N) is 1. The molecule has 0 bridgehead atoms. The first kappa shape index (κ1) is 17.0. The molecule has 0 aliphatic carbocycles. The second-order valence-corrected chi connectivity index (χ2v) is 7.00. The van der Waals surface area contributed by atoms with E-state index in [4.69, 9.17) is 5.73 Å². The minimum absolute atomic E-state index is 0.120. The fraction of sp³-hybridized carbons (Fsp3) is 0. The normalized spacial score (nSPS) is 10.5. The Morgan fingerprint density at radius 2 is 1.41 bits per heavy atom. The van der Waals surface area contributed by atoms with Crippen molar-refractivity contribution < 1.29 is 4.79 Å². The van der Waals surface area contributed by atoms with Gasteiger partial charge in [0.2, 0.25) is 5.78 Å². The number of aromatic nitrogens is 1. The quantitative estimate of drug-likeness (QED) is 0.463. The molecule has 0 atom stereocenters. The molecule has 132 valence electrons. The molecule has 5 heteroatoms. The molecule has 0 aliphatic rings. The van der Waals surface area contributed by atoms with Crippen LogP contribution in [0.5, 0.6) is 0 Å². The minimum Gasteiger partial charge on any atom is -0.382 e. The standard InChI is InChI=1S/C22H17N3OS/c23-21-20(27-22(25-21)24-18-9-5-2-6-10-18)19(26)17-13-11-16(12-14-17)15-7-3-1-4-8-15/h1-14H,23H2,(H,24,25). The Balaban J connectivity index is 1.56. The van der Waals surface area contributed by atoms with Gasteiger partial charge in [-0.1, -0.05) is 84.1 Å². The Bertz CT molecular complexity index is 1060. The van der Waals surface area contributed by atoms with E-state index < -0.39 is 0 Å². The number of para-hydroxylation sites is 1. The molecule has 3 N–H and O–H groups in total. The maximum Gasteiger partial charge on any atom is 0.206 e. The van der Waals surface area contributed by atoms with Crippen LogP contribution in [-0.4, -0.2) is 10.8 Å². The van der Waals surface area contributed by atoms with Gasteiger partial charge in [0.05, 0.1) is 0 Å². The van der Waals surface area contributed by atoms with E-state index >= 15 is 0 Å². The van der Waals surface area contributed by atoms with E-state index in [1.807, 2.05) is 84.9 Å². The van der Waals surface area contributed by atoms with E-state index in [-0.39, 0.29) is 11.6 Å². The van der Waals surface area contributed by atoms with Crippen LogP contribution in [0.15, 0.2) is 84.9 Å². The highest BCUT2D eigenvalue weighted by Gasteiger charge is 2.18. The van der Waals surface area contributed by atoms with Crippen molar-refractivity contribution in [3.63, 3.8) is 0 Å². The number of anilines is 3. The molecule has 27 heavy (non-hydrogen) atoms. The van der Waals surface area contributed by atoms with Crippen molar-refractivity contribution in [3.05, 3.63) is 95.4 Å². The number of carbonyl (C=O) groups is 1. The first-order valence-corrected chi connectivity index (χ1v) is 9.31. The van der Waals surface area contributed by atoms with E-state index in [1.165, 1.54) is 11.3 Å². The average molecular weight is 371 g/mol. The minimum atomic E-state index is -0.120. The van der Waals surface area contributed by atoms with Crippen molar-refractivity contribution in [3.8, 4) is 11.1 Å². The maximum absolute atomic E-state index is 12.8. The van der Waals surface area contributed by atoms with Gasteiger partial charge in [-0.2, -0.15) is 0 Å². The van der Waals surface area contributed by atoms with Crippen LogP contribution in [0, 0.1) is 0 Å². The molecule has 4 aromatic rings. The van der Waals surface area contributed by atoms with Crippen LogP contribution in [0.25, 0.3) is 11.1 Å². The predicted molar refractivity (Wildman–Crippen MR) is 112 cm³/mol. The zero-order valence-electron chi connectivity index (χ0n) is 14.4. The second kappa shape index (κ2) is 7.43. The van der Waals surface area contributed by atoms with Crippen LogP contribution in [-0.2, 0) is 0 Å². The monoisotopic (exact) mass is 371 g/mol.